The second kappa shape index (κ2) is 5.69. The minimum atomic E-state index is -0.882. The van der Waals surface area contributed by atoms with Crippen molar-refractivity contribution in [1.82, 2.24) is 0 Å². The number of benzene rings is 2. The molecule has 2 rings (SSSR count). The van der Waals surface area contributed by atoms with Crippen LogP contribution in [0.1, 0.15) is 21.5 Å². The predicted octanol–water partition coefficient (Wildman–Crippen LogP) is 2.98. The third kappa shape index (κ3) is 2.93. The first-order chi connectivity index (χ1) is 9.49. The maximum absolute atomic E-state index is 13.1. The topological polar surface area (TPSA) is 55.1 Å². The Balaban J connectivity index is 2.17. The van der Waals surface area contributed by atoms with Gasteiger partial charge in [0.05, 0.1) is 0 Å². The fourth-order valence-corrected chi connectivity index (χ4v) is 1.94. The lowest BCUT2D eigenvalue weighted by atomic mass is 10.1. The summed E-state index contributed by atoms with van der Waals surface area (Å²) in [6.07, 6.45) is 0. The van der Waals surface area contributed by atoms with E-state index >= 15 is 0 Å². The van der Waals surface area contributed by atoms with Crippen molar-refractivity contribution in [3.8, 4) is 0 Å². The van der Waals surface area contributed by atoms with E-state index < -0.39 is 17.5 Å². The highest BCUT2D eigenvalue weighted by molar-refractivity contribution is 5.95. The number of nitrogens with two attached hydrogens (primary N) is 1. The number of nitrogens with one attached hydrogen (secondary N) is 1. The van der Waals surface area contributed by atoms with Gasteiger partial charge in [0.25, 0.3) is 0 Å². The first-order valence-corrected chi connectivity index (χ1v) is 6.06. The largest absolute Gasteiger partial charge is 0.381 e. The molecule has 0 fully saturated rings. The van der Waals surface area contributed by atoms with Gasteiger partial charge in [-0.2, -0.15) is 0 Å². The van der Waals surface area contributed by atoms with Crippen LogP contribution in [0.5, 0.6) is 0 Å². The van der Waals surface area contributed by atoms with Crippen LogP contribution >= 0.6 is 0 Å². The number of halogens is 2. The minimum absolute atomic E-state index is 0.320. The van der Waals surface area contributed by atoms with Crippen molar-refractivity contribution < 1.29 is 13.6 Å². The molecule has 0 unspecified atom stereocenters. The fourth-order valence-electron chi connectivity index (χ4n) is 1.94. The summed E-state index contributed by atoms with van der Waals surface area (Å²) in [4.78, 5) is 11.2. The summed E-state index contributed by atoms with van der Waals surface area (Å²) in [6, 6.07) is 8.86. The van der Waals surface area contributed by atoms with Gasteiger partial charge in [-0.05, 0) is 42.3 Å². The average molecular weight is 276 g/mol. The quantitative estimate of drug-likeness (QED) is 0.902. The molecule has 5 heteroatoms. The zero-order chi connectivity index (χ0) is 14.7. The molecular weight excluding hydrogens is 262 g/mol. The maximum Gasteiger partial charge on any atom is 0.249 e. The van der Waals surface area contributed by atoms with Crippen LogP contribution in [0.25, 0.3) is 0 Å². The molecule has 104 valence electrons. The second-order valence-corrected chi connectivity index (χ2v) is 4.44. The number of anilines is 1. The van der Waals surface area contributed by atoms with Gasteiger partial charge in [0, 0.05) is 17.8 Å². The first-order valence-electron chi connectivity index (χ1n) is 6.06. The van der Waals surface area contributed by atoms with Crippen molar-refractivity contribution in [2.75, 3.05) is 5.32 Å². The minimum Gasteiger partial charge on any atom is -0.381 e. The van der Waals surface area contributed by atoms with Crippen LogP contribution in [0.4, 0.5) is 14.5 Å². The average Bonchev–Trinajstić information content (AvgIpc) is 2.41. The number of carbonyl (C=O) groups excluding carboxylic acids is 1. The number of amides is 1. The molecule has 0 aromatic heterocycles. The van der Waals surface area contributed by atoms with E-state index in [0.717, 1.165) is 23.4 Å². The van der Waals surface area contributed by atoms with Gasteiger partial charge in [-0.25, -0.2) is 8.78 Å². The summed E-state index contributed by atoms with van der Waals surface area (Å²) in [5.41, 5.74) is 7.76. The molecule has 0 saturated carbocycles. The highest BCUT2D eigenvalue weighted by Gasteiger charge is 2.08. The van der Waals surface area contributed by atoms with Crippen molar-refractivity contribution in [2.24, 2.45) is 5.73 Å². The molecule has 0 spiro atoms. The lowest BCUT2D eigenvalue weighted by Gasteiger charge is -2.12. The number of primary amides is 1. The van der Waals surface area contributed by atoms with Crippen molar-refractivity contribution in [2.45, 2.75) is 13.5 Å². The number of hydrogen-bond acceptors (Lipinski definition) is 2. The first kappa shape index (κ1) is 14.0. The Kier molecular flexibility index (Phi) is 3.98. The van der Waals surface area contributed by atoms with Crippen molar-refractivity contribution >= 4 is 11.6 Å². The third-order valence-corrected chi connectivity index (χ3v) is 3.07. The standard InChI is InChI=1S/C15H14F2N2O/c1-9-11(15(18)20)3-2-4-14(9)19-8-10-5-6-12(16)13(17)7-10/h2-7,19H,8H2,1H3,(H2,18,20). The third-order valence-electron chi connectivity index (χ3n) is 3.07. The molecule has 0 heterocycles. The highest BCUT2D eigenvalue weighted by Crippen LogP contribution is 2.19. The fraction of sp³-hybridized carbons (Fsp3) is 0.133. The van der Waals surface area contributed by atoms with Crippen LogP contribution in [0.15, 0.2) is 36.4 Å². The van der Waals surface area contributed by atoms with Crippen molar-refractivity contribution in [1.29, 1.82) is 0 Å². The van der Waals surface area contributed by atoms with Gasteiger partial charge in [0.1, 0.15) is 0 Å². The Morgan fingerprint density at radius 2 is 1.95 bits per heavy atom. The molecule has 0 saturated heterocycles. The molecule has 2 aromatic rings. The molecule has 0 aliphatic heterocycles. The Hall–Kier alpha value is -2.43. The molecule has 20 heavy (non-hydrogen) atoms. The lowest BCUT2D eigenvalue weighted by molar-refractivity contribution is 0.1000. The smallest absolute Gasteiger partial charge is 0.249 e. The van der Waals surface area contributed by atoms with Crippen LogP contribution in [0.3, 0.4) is 0 Å². The van der Waals surface area contributed by atoms with E-state index in [-0.39, 0.29) is 0 Å². The molecule has 2 aromatic carbocycles. The van der Waals surface area contributed by atoms with Gasteiger partial charge in [0.2, 0.25) is 5.91 Å². The zero-order valence-corrected chi connectivity index (χ0v) is 10.9. The Bertz CT molecular complexity index is 656. The summed E-state index contributed by atoms with van der Waals surface area (Å²) < 4.78 is 25.9. The molecule has 0 atom stereocenters. The molecule has 1 amide bonds. The van der Waals surface area contributed by atoms with Gasteiger partial charge < -0.3 is 11.1 Å². The van der Waals surface area contributed by atoms with Gasteiger partial charge in [-0.15, -0.1) is 0 Å². The van der Waals surface area contributed by atoms with E-state index in [4.69, 9.17) is 5.73 Å². The van der Waals surface area contributed by atoms with Gasteiger partial charge in [0.15, 0.2) is 11.6 Å². The summed E-state index contributed by atoms with van der Waals surface area (Å²) >= 11 is 0. The molecule has 3 N–H and O–H groups in total. The Labute approximate surface area is 115 Å². The van der Waals surface area contributed by atoms with E-state index in [1.807, 2.05) is 0 Å². The molecule has 3 nitrogen and oxygen atoms in total. The monoisotopic (exact) mass is 276 g/mol. The lowest BCUT2D eigenvalue weighted by Crippen LogP contribution is -2.14. The molecule has 0 radical (unpaired) electrons. The van der Waals surface area contributed by atoms with Crippen LogP contribution in [0, 0.1) is 18.6 Å². The molecular formula is C15H14F2N2O. The number of rotatable bonds is 4. The van der Waals surface area contributed by atoms with E-state index in [1.165, 1.54) is 6.07 Å². The van der Waals surface area contributed by atoms with Crippen LogP contribution < -0.4 is 11.1 Å². The molecule has 0 bridgehead atoms. The highest BCUT2D eigenvalue weighted by atomic mass is 19.2. The summed E-state index contributed by atoms with van der Waals surface area (Å²) in [5, 5.41) is 3.07. The Morgan fingerprint density at radius 3 is 2.60 bits per heavy atom. The zero-order valence-electron chi connectivity index (χ0n) is 10.9. The van der Waals surface area contributed by atoms with Crippen molar-refractivity contribution in [3.63, 3.8) is 0 Å². The van der Waals surface area contributed by atoms with E-state index in [0.29, 0.717) is 17.7 Å². The normalized spacial score (nSPS) is 10.3. The summed E-state index contributed by atoms with van der Waals surface area (Å²) in [7, 11) is 0. The van der Waals surface area contributed by atoms with Crippen LogP contribution in [0.2, 0.25) is 0 Å². The Morgan fingerprint density at radius 1 is 1.20 bits per heavy atom. The van der Waals surface area contributed by atoms with Crippen molar-refractivity contribution in [3.05, 3.63) is 64.7 Å². The van der Waals surface area contributed by atoms with Gasteiger partial charge in [-0.1, -0.05) is 12.1 Å². The van der Waals surface area contributed by atoms with Crippen LogP contribution in [-0.2, 0) is 6.54 Å². The van der Waals surface area contributed by atoms with E-state index in [2.05, 4.69) is 5.32 Å². The number of hydrogen-bond donors (Lipinski definition) is 2. The summed E-state index contributed by atoms with van der Waals surface area (Å²) in [5.74, 6) is -2.26. The van der Waals surface area contributed by atoms with E-state index in [9.17, 15) is 13.6 Å². The second-order valence-electron chi connectivity index (χ2n) is 4.44. The summed E-state index contributed by atoms with van der Waals surface area (Å²) in [6.45, 7) is 2.09. The maximum atomic E-state index is 13.1. The molecule has 0 aliphatic rings. The SMILES string of the molecule is Cc1c(NCc2ccc(F)c(F)c2)cccc1C(N)=O. The molecule has 0 aliphatic carbocycles. The van der Waals surface area contributed by atoms with E-state index in [1.54, 1.807) is 25.1 Å². The van der Waals surface area contributed by atoms with Gasteiger partial charge in [-0.3, -0.25) is 4.79 Å². The van der Waals surface area contributed by atoms with Gasteiger partial charge >= 0.3 is 0 Å². The number of carbonyl (C=O) groups is 1. The van der Waals surface area contributed by atoms with Crippen LogP contribution in [-0.4, -0.2) is 5.91 Å². The predicted molar refractivity (Wildman–Crippen MR) is 73.4 cm³/mol.